The average Bonchev–Trinajstić information content (AvgIpc) is 2.17. The van der Waals surface area contributed by atoms with Crippen molar-refractivity contribution in [3.8, 4) is 0 Å². The van der Waals surface area contributed by atoms with Crippen LogP contribution in [0.15, 0.2) is 0 Å². The van der Waals surface area contributed by atoms with Gasteiger partial charge >= 0.3 is 0 Å². The topological polar surface area (TPSA) is 40.5 Å². The Balaban J connectivity index is 2.15. The fraction of sp³-hybridized carbons (Fsp3) is 1.00. The molecule has 2 atom stereocenters. The Bertz CT molecular complexity index is 174. The zero-order valence-corrected chi connectivity index (χ0v) is 10.9. The Hall–Kier alpha value is -0.0800. The summed E-state index contributed by atoms with van der Waals surface area (Å²) >= 11 is 0. The predicted octanol–water partition coefficient (Wildman–Crippen LogP) is 3.11. The SMILES string of the molecule is CC(C)CC(O)CC(O)CC1CCCCC1. The lowest BCUT2D eigenvalue weighted by atomic mass is 9.84. The molecule has 16 heavy (non-hydrogen) atoms. The van der Waals surface area contributed by atoms with Gasteiger partial charge in [0, 0.05) is 0 Å². The summed E-state index contributed by atoms with van der Waals surface area (Å²) in [4.78, 5) is 0. The monoisotopic (exact) mass is 228 g/mol. The van der Waals surface area contributed by atoms with E-state index in [-0.39, 0.29) is 12.2 Å². The van der Waals surface area contributed by atoms with Gasteiger partial charge in [-0.05, 0) is 31.1 Å². The molecule has 1 rings (SSSR count). The molecule has 1 fully saturated rings. The summed E-state index contributed by atoms with van der Waals surface area (Å²) in [7, 11) is 0. The molecule has 0 bridgehead atoms. The minimum absolute atomic E-state index is 0.295. The quantitative estimate of drug-likeness (QED) is 0.733. The van der Waals surface area contributed by atoms with Crippen molar-refractivity contribution in [2.24, 2.45) is 11.8 Å². The Morgan fingerprint density at radius 2 is 1.56 bits per heavy atom. The average molecular weight is 228 g/mol. The second-order valence-corrected chi connectivity index (χ2v) is 5.91. The van der Waals surface area contributed by atoms with Gasteiger partial charge in [-0.15, -0.1) is 0 Å². The van der Waals surface area contributed by atoms with Crippen LogP contribution in [0.5, 0.6) is 0 Å². The standard InChI is InChI=1S/C14H28O2/c1-11(2)8-13(15)10-14(16)9-12-6-4-3-5-7-12/h11-16H,3-10H2,1-2H3. The normalized spacial score (nSPS) is 22.3. The third-order valence-corrected chi connectivity index (χ3v) is 3.62. The summed E-state index contributed by atoms with van der Waals surface area (Å²) in [5.74, 6) is 1.21. The molecule has 0 amide bonds. The van der Waals surface area contributed by atoms with E-state index in [2.05, 4.69) is 13.8 Å². The van der Waals surface area contributed by atoms with E-state index >= 15 is 0 Å². The van der Waals surface area contributed by atoms with Crippen LogP contribution in [0.1, 0.15) is 65.2 Å². The van der Waals surface area contributed by atoms with Crippen molar-refractivity contribution in [1.29, 1.82) is 0 Å². The molecule has 2 N–H and O–H groups in total. The second kappa shape index (κ2) is 7.29. The number of rotatable bonds is 6. The Kier molecular flexibility index (Phi) is 6.37. The lowest BCUT2D eigenvalue weighted by molar-refractivity contribution is 0.0515. The first-order valence-electron chi connectivity index (χ1n) is 6.94. The summed E-state index contributed by atoms with van der Waals surface area (Å²) in [6.07, 6.45) is 8.22. The van der Waals surface area contributed by atoms with Crippen LogP contribution in [-0.4, -0.2) is 22.4 Å². The van der Waals surface area contributed by atoms with Gasteiger partial charge in [0.05, 0.1) is 12.2 Å². The maximum absolute atomic E-state index is 9.92. The highest BCUT2D eigenvalue weighted by Crippen LogP contribution is 2.28. The summed E-state index contributed by atoms with van der Waals surface area (Å²) in [5, 5.41) is 19.7. The molecular weight excluding hydrogens is 200 g/mol. The van der Waals surface area contributed by atoms with Crippen molar-refractivity contribution < 1.29 is 10.2 Å². The van der Waals surface area contributed by atoms with E-state index in [9.17, 15) is 10.2 Å². The first kappa shape index (κ1) is 14.0. The molecule has 2 unspecified atom stereocenters. The van der Waals surface area contributed by atoms with Crippen LogP contribution in [-0.2, 0) is 0 Å². The molecule has 2 nitrogen and oxygen atoms in total. The molecule has 0 aromatic heterocycles. The number of hydrogen-bond donors (Lipinski definition) is 2. The minimum atomic E-state index is -0.321. The highest BCUT2D eigenvalue weighted by molar-refractivity contribution is 4.72. The van der Waals surface area contributed by atoms with Gasteiger partial charge in [-0.25, -0.2) is 0 Å². The van der Waals surface area contributed by atoms with E-state index in [0.29, 0.717) is 18.3 Å². The molecule has 0 aromatic rings. The van der Waals surface area contributed by atoms with Crippen molar-refractivity contribution in [2.75, 3.05) is 0 Å². The molecular formula is C14H28O2. The lowest BCUT2D eigenvalue weighted by Gasteiger charge is -2.25. The first-order valence-corrected chi connectivity index (χ1v) is 6.94. The van der Waals surface area contributed by atoms with Gasteiger partial charge in [0.15, 0.2) is 0 Å². The summed E-state index contributed by atoms with van der Waals surface area (Å²) < 4.78 is 0. The first-order chi connectivity index (χ1) is 7.58. The number of hydrogen-bond acceptors (Lipinski definition) is 2. The van der Waals surface area contributed by atoms with Gasteiger partial charge in [0.1, 0.15) is 0 Å². The van der Waals surface area contributed by atoms with E-state index in [4.69, 9.17) is 0 Å². The van der Waals surface area contributed by atoms with Gasteiger partial charge in [0.2, 0.25) is 0 Å². The lowest BCUT2D eigenvalue weighted by Crippen LogP contribution is -2.22. The van der Waals surface area contributed by atoms with Crippen molar-refractivity contribution in [3.63, 3.8) is 0 Å². The maximum atomic E-state index is 9.92. The highest BCUT2D eigenvalue weighted by atomic mass is 16.3. The summed E-state index contributed by atoms with van der Waals surface area (Å²) in [5.41, 5.74) is 0. The smallest absolute Gasteiger partial charge is 0.0567 e. The molecule has 2 heteroatoms. The van der Waals surface area contributed by atoms with Crippen LogP contribution in [0.2, 0.25) is 0 Å². The molecule has 1 saturated carbocycles. The molecule has 1 aliphatic carbocycles. The van der Waals surface area contributed by atoms with E-state index < -0.39 is 0 Å². The molecule has 0 spiro atoms. The largest absolute Gasteiger partial charge is 0.393 e. The Morgan fingerprint density at radius 1 is 0.938 bits per heavy atom. The van der Waals surface area contributed by atoms with Gasteiger partial charge < -0.3 is 10.2 Å². The molecule has 0 heterocycles. The van der Waals surface area contributed by atoms with Crippen LogP contribution in [0.25, 0.3) is 0 Å². The van der Waals surface area contributed by atoms with Crippen molar-refractivity contribution in [3.05, 3.63) is 0 Å². The minimum Gasteiger partial charge on any atom is -0.393 e. The Labute approximate surface area is 100 Å². The fourth-order valence-corrected chi connectivity index (χ4v) is 2.86. The van der Waals surface area contributed by atoms with E-state index in [1.54, 1.807) is 0 Å². The molecule has 1 aliphatic rings. The van der Waals surface area contributed by atoms with Crippen molar-refractivity contribution in [1.82, 2.24) is 0 Å². The van der Waals surface area contributed by atoms with Crippen LogP contribution >= 0.6 is 0 Å². The van der Waals surface area contributed by atoms with Gasteiger partial charge in [-0.2, -0.15) is 0 Å². The molecule has 0 aromatic carbocycles. The van der Waals surface area contributed by atoms with Crippen LogP contribution in [0, 0.1) is 11.8 Å². The molecule has 96 valence electrons. The number of aliphatic hydroxyl groups is 2. The van der Waals surface area contributed by atoms with Gasteiger partial charge in [0.25, 0.3) is 0 Å². The van der Waals surface area contributed by atoms with Crippen LogP contribution in [0.4, 0.5) is 0 Å². The number of aliphatic hydroxyl groups excluding tert-OH is 2. The van der Waals surface area contributed by atoms with Crippen LogP contribution < -0.4 is 0 Å². The third kappa shape index (κ3) is 5.86. The summed E-state index contributed by atoms with van der Waals surface area (Å²) in [6.45, 7) is 4.22. The molecule has 0 aliphatic heterocycles. The molecule has 0 radical (unpaired) electrons. The zero-order valence-electron chi connectivity index (χ0n) is 10.9. The fourth-order valence-electron chi connectivity index (χ4n) is 2.86. The summed E-state index contributed by atoms with van der Waals surface area (Å²) in [6, 6.07) is 0. The van der Waals surface area contributed by atoms with E-state index in [1.807, 2.05) is 0 Å². The van der Waals surface area contributed by atoms with E-state index in [1.165, 1.54) is 32.1 Å². The van der Waals surface area contributed by atoms with Crippen molar-refractivity contribution in [2.45, 2.75) is 77.4 Å². The Morgan fingerprint density at radius 3 is 2.12 bits per heavy atom. The van der Waals surface area contributed by atoms with Gasteiger partial charge in [-0.1, -0.05) is 46.0 Å². The predicted molar refractivity (Wildman–Crippen MR) is 67.3 cm³/mol. The molecule has 0 saturated heterocycles. The van der Waals surface area contributed by atoms with Gasteiger partial charge in [-0.3, -0.25) is 0 Å². The van der Waals surface area contributed by atoms with Crippen molar-refractivity contribution >= 4 is 0 Å². The second-order valence-electron chi connectivity index (χ2n) is 5.91. The highest BCUT2D eigenvalue weighted by Gasteiger charge is 2.19. The maximum Gasteiger partial charge on any atom is 0.0567 e. The third-order valence-electron chi connectivity index (χ3n) is 3.62. The van der Waals surface area contributed by atoms with Crippen LogP contribution in [0.3, 0.4) is 0 Å². The zero-order chi connectivity index (χ0) is 12.0. The van der Waals surface area contributed by atoms with E-state index in [0.717, 1.165) is 12.8 Å².